The fraction of sp³-hybridized carbons (Fsp3) is 0.480. The fourth-order valence-corrected chi connectivity index (χ4v) is 4.35. The van der Waals surface area contributed by atoms with E-state index in [0.29, 0.717) is 18.9 Å². The Morgan fingerprint density at radius 2 is 1.72 bits per heavy atom. The zero-order valence-corrected chi connectivity index (χ0v) is 19.1. The molecule has 2 aliphatic rings. The quantitative estimate of drug-likeness (QED) is 0.720. The number of amides is 1. The number of anilines is 1. The summed E-state index contributed by atoms with van der Waals surface area (Å²) in [7, 11) is 0. The normalized spacial score (nSPS) is 21.1. The van der Waals surface area contributed by atoms with Crippen LogP contribution in [0.2, 0.25) is 0 Å². The van der Waals surface area contributed by atoms with Crippen molar-refractivity contribution in [2.24, 2.45) is 0 Å². The first kappa shape index (κ1) is 22.6. The number of fused-ring (bicyclic) bond motifs is 1. The number of aliphatic hydroxyl groups is 1. The van der Waals surface area contributed by atoms with Crippen molar-refractivity contribution < 1.29 is 19.4 Å². The van der Waals surface area contributed by atoms with Gasteiger partial charge >= 0.3 is 0 Å². The van der Waals surface area contributed by atoms with E-state index in [0.717, 1.165) is 48.7 Å². The Balaban J connectivity index is 1.25. The molecule has 0 aliphatic carbocycles. The molecule has 2 aliphatic heterocycles. The SMILES string of the molecule is Cc1cccc(C)c1NC(=O)C(C)N1CCN(CC(O)C2COc3ccccc3O2)CC1. The van der Waals surface area contributed by atoms with Crippen LogP contribution in [0, 0.1) is 13.8 Å². The summed E-state index contributed by atoms with van der Waals surface area (Å²) in [5, 5.41) is 13.8. The molecule has 172 valence electrons. The average Bonchev–Trinajstić information content (AvgIpc) is 2.81. The fourth-order valence-electron chi connectivity index (χ4n) is 4.35. The number of para-hydroxylation sites is 3. The van der Waals surface area contributed by atoms with Crippen molar-refractivity contribution in [1.29, 1.82) is 0 Å². The minimum Gasteiger partial charge on any atom is -0.486 e. The van der Waals surface area contributed by atoms with Crippen LogP contribution in [0.25, 0.3) is 0 Å². The molecule has 2 heterocycles. The van der Waals surface area contributed by atoms with Crippen LogP contribution >= 0.6 is 0 Å². The second kappa shape index (κ2) is 9.90. The Bertz CT molecular complexity index is 922. The van der Waals surface area contributed by atoms with E-state index in [1.165, 1.54) is 0 Å². The van der Waals surface area contributed by atoms with Gasteiger partial charge < -0.3 is 19.9 Å². The average molecular weight is 440 g/mol. The predicted molar refractivity (Wildman–Crippen MR) is 124 cm³/mol. The Labute approximate surface area is 189 Å². The van der Waals surface area contributed by atoms with E-state index in [-0.39, 0.29) is 18.1 Å². The molecule has 7 nitrogen and oxygen atoms in total. The van der Waals surface area contributed by atoms with Crippen LogP contribution in [0.4, 0.5) is 5.69 Å². The number of rotatable bonds is 6. The molecule has 1 fully saturated rings. The highest BCUT2D eigenvalue weighted by Gasteiger charge is 2.31. The van der Waals surface area contributed by atoms with Gasteiger partial charge in [-0.15, -0.1) is 0 Å². The number of nitrogens with zero attached hydrogens (tertiary/aromatic N) is 2. The first-order valence-electron chi connectivity index (χ1n) is 11.3. The third kappa shape index (κ3) is 5.06. The lowest BCUT2D eigenvalue weighted by Crippen LogP contribution is -2.55. The van der Waals surface area contributed by atoms with Crippen molar-refractivity contribution in [3.63, 3.8) is 0 Å². The molecule has 0 saturated carbocycles. The maximum absolute atomic E-state index is 12.8. The molecule has 2 aromatic rings. The molecule has 0 radical (unpaired) electrons. The summed E-state index contributed by atoms with van der Waals surface area (Å²) >= 11 is 0. The zero-order chi connectivity index (χ0) is 22.7. The van der Waals surface area contributed by atoms with Crippen LogP contribution in [0.15, 0.2) is 42.5 Å². The van der Waals surface area contributed by atoms with E-state index in [1.54, 1.807) is 0 Å². The Morgan fingerprint density at radius 1 is 1.06 bits per heavy atom. The van der Waals surface area contributed by atoms with Crippen LogP contribution in [0.3, 0.4) is 0 Å². The minimum atomic E-state index is -0.639. The third-order valence-electron chi connectivity index (χ3n) is 6.47. The van der Waals surface area contributed by atoms with Crippen molar-refractivity contribution in [1.82, 2.24) is 9.80 Å². The number of benzene rings is 2. The number of piperazine rings is 1. The molecule has 1 saturated heterocycles. The van der Waals surface area contributed by atoms with Gasteiger partial charge in [-0.2, -0.15) is 0 Å². The molecule has 0 spiro atoms. The predicted octanol–water partition coefficient (Wildman–Crippen LogP) is 2.45. The number of hydrogen-bond acceptors (Lipinski definition) is 6. The second-order valence-electron chi connectivity index (χ2n) is 8.75. The molecule has 4 rings (SSSR count). The van der Waals surface area contributed by atoms with E-state index >= 15 is 0 Å². The Morgan fingerprint density at radius 3 is 2.41 bits per heavy atom. The number of hydrogen-bond donors (Lipinski definition) is 2. The van der Waals surface area contributed by atoms with Crippen molar-refractivity contribution in [2.75, 3.05) is 44.6 Å². The number of ether oxygens (including phenoxy) is 2. The van der Waals surface area contributed by atoms with E-state index in [9.17, 15) is 9.90 Å². The first-order chi connectivity index (χ1) is 15.4. The van der Waals surface area contributed by atoms with Crippen molar-refractivity contribution in [2.45, 2.75) is 39.0 Å². The van der Waals surface area contributed by atoms with Gasteiger partial charge in [0.2, 0.25) is 5.91 Å². The van der Waals surface area contributed by atoms with Crippen molar-refractivity contribution in [3.8, 4) is 11.5 Å². The van der Waals surface area contributed by atoms with Crippen molar-refractivity contribution in [3.05, 3.63) is 53.6 Å². The molecule has 2 N–H and O–H groups in total. The van der Waals surface area contributed by atoms with Crippen LogP contribution in [0.5, 0.6) is 11.5 Å². The van der Waals surface area contributed by atoms with Crippen molar-refractivity contribution >= 4 is 11.6 Å². The summed E-state index contributed by atoms with van der Waals surface area (Å²) < 4.78 is 11.7. The Hall–Kier alpha value is -2.61. The number of β-amino-alcohol motifs (C(OH)–C–C–N with tert-alkyl or cyclic N) is 1. The third-order valence-corrected chi connectivity index (χ3v) is 6.47. The summed E-state index contributed by atoms with van der Waals surface area (Å²) in [6.45, 7) is 9.98. The number of carbonyl (C=O) groups is 1. The molecular formula is C25H33N3O4. The molecule has 0 aromatic heterocycles. The Kier molecular flexibility index (Phi) is 6.98. The molecule has 3 atom stereocenters. The van der Waals surface area contributed by atoms with Crippen LogP contribution < -0.4 is 14.8 Å². The number of nitrogens with one attached hydrogen (secondary N) is 1. The smallest absolute Gasteiger partial charge is 0.241 e. The number of carbonyl (C=O) groups excluding carboxylic acids is 1. The molecule has 2 aromatic carbocycles. The molecule has 0 bridgehead atoms. The van der Waals surface area contributed by atoms with Gasteiger partial charge in [-0.25, -0.2) is 0 Å². The van der Waals surface area contributed by atoms with Gasteiger partial charge in [0.15, 0.2) is 17.6 Å². The van der Waals surface area contributed by atoms with E-state index in [2.05, 4.69) is 15.1 Å². The van der Waals surface area contributed by atoms with Crippen LogP contribution in [-0.4, -0.2) is 78.4 Å². The summed E-state index contributed by atoms with van der Waals surface area (Å²) in [6, 6.07) is 13.3. The highest BCUT2D eigenvalue weighted by molar-refractivity contribution is 5.95. The molecule has 32 heavy (non-hydrogen) atoms. The minimum absolute atomic E-state index is 0.0160. The largest absolute Gasteiger partial charge is 0.486 e. The summed E-state index contributed by atoms with van der Waals surface area (Å²) in [4.78, 5) is 17.3. The van der Waals surface area contributed by atoms with Crippen LogP contribution in [-0.2, 0) is 4.79 Å². The highest BCUT2D eigenvalue weighted by atomic mass is 16.6. The van der Waals surface area contributed by atoms with E-state index in [4.69, 9.17) is 9.47 Å². The molecule has 3 unspecified atom stereocenters. The molecule has 7 heteroatoms. The van der Waals surface area contributed by atoms with E-state index < -0.39 is 6.10 Å². The number of aliphatic hydroxyl groups excluding tert-OH is 1. The summed E-state index contributed by atoms with van der Waals surface area (Å²) in [5.41, 5.74) is 3.05. The lowest BCUT2D eigenvalue weighted by Gasteiger charge is -2.39. The number of aryl methyl sites for hydroxylation is 2. The monoisotopic (exact) mass is 439 g/mol. The van der Waals surface area contributed by atoms with Gasteiger partial charge in [0.05, 0.1) is 6.04 Å². The second-order valence-corrected chi connectivity index (χ2v) is 8.75. The maximum atomic E-state index is 12.8. The summed E-state index contributed by atoms with van der Waals surface area (Å²) in [6.07, 6.45) is -1.02. The molecule has 1 amide bonds. The van der Waals surface area contributed by atoms with Gasteiger partial charge in [0.1, 0.15) is 12.7 Å². The van der Waals surface area contributed by atoms with Gasteiger partial charge in [0.25, 0.3) is 0 Å². The topological polar surface area (TPSA) is 74.3 Å². The van der Waals surface area contributed by atoms with Gasteiger partial charge in [-0.1, -0.05) is 30.3 Å². The summed E-state index contributed by atoms with van der Waals surface area (Å²) in [5.74, 6) is 1.41. The zero-order valence-electron chi connectivity index (χ0n) is 19.1. The van der Waals surface area contributed by atoms with Gasteiger partial charge in [-0.05, 0) is 44.0 Å². The van der Waals surface area contributed by atoms with Crippen LogP contribution in [0.1, 0.15) is 18.1 Å². The standard InChI is InChI=1S/C25H33N3O4/c1-17-7-6-8-18(2)24(17)26-25(30)19(3)28-13-11-27(12-14-28)15-20(29)23-16-31-21-9-4-5-10-22(21)32-23/h4-10,19-20,23,29H,11-16H2,1-3H3,(H,26,30). The molecular weight excluding hydrogens is 406 g/mol. The lowest BCUT2D eigenvalue weighted by atomic mass is 10.1. The lowest BCUT2D eigenvalue weighted by molar-refractivity contribution is -0.121. The van der Waals surface area contributed by atoms with E-state index in [1.807, 2.05) is 63.2 Å². The first-order valence-corrected chi connectivity index (χ1v) is 11.3. The van der Waals surface area contributed by atoms with Gasteiger partial charge in [-0.3, -0.25) is 14.6 Å². The maximum Gasteiger partial charge on any atom is 0.241 e. The van der Waals surface area contributed by atoms with Gasteiger partial charge in [0, 0.05) is 38.4 Å². The highest BCUT2D eigenvalue weighted by Crippen LogP contribution is 2.31.